The number of hydrogen-bond acceptors (Lipinski definition) is 2. The van der Waals surface area contributed by atoms with Crippen molar-refractivity contribution < 1.29 is 4.79 Å². The first-order valence-electron chi connectivity index (χ1n) is 6.19. The summed E-state index contributed by atoms with van der Waals surface area (Å²) in [6.07, 6.45) is 4.41. The Kier molecular flexibility index (Phi) is 3.29. The van der Waals surface area contributed by atoms with Gasteiger partial charge in [-0.25, -0.2) is 0 Å². The van der Waals surface area contributed by atoms with Crippen LogP contribution in [0.5, 0.6) is 0 Å². The van der Waals surface area contributed by atoms with E-state index in [2.05, 4.69) is 24.5 Å². The van der Waals surface area contributed by atoms with E-state index in [1.54, 1.807) is 0 Å². The molecule has 1 aliphatic carbocycles. The third-order valence-electron chi connectivity index (χ3n) is 3.72. The Balaban J connectivity index is 1.81. The van der Waals surface area contributed by atoms with Gasteiger partial charge in [0.05, 0.1) is 0 Å². The van der Waals surface area contributed by atoms with Gasteiger partial charge in [0.15, 0.2) is 0 Å². The third-order valence-corrected chi connectivity index (χ3v) is 3.72. The summed E-state index contributed by atoms with van der Waals surface area (Å²) in [6, 6.07) is 0.738. The molecule has 0 aromatic rings. The molecule has 2 aliphatic rings. The first kappa shape index (κ1) is 10.9. The van der Waals surface area contributed by atoms with Crippen molar-refractivity contribution in [2.24, 2.45) is 11.8 Å². The normalized spacial score (nSPS) is 36.3. The van der Waals surface area contributed by atoms with Crippen molar-refractivity contribution in [3.05, 3.63) is 0 Å². The second-order valence-corrected chi connectivity index (χ2v) is 5.25. The first-order chi connectivity index (χ1) is 7.16. The highest BCUT2D eigenvalue weighted by Gasteiger charge is 2.30. The lowest BCUT2D eigenvalue weighted by atomic mass is 9.89. The largest absolute Gasteiger partial charge is 0.352 e. The average molecular weight is 210 g/mol. The van der Waals surface area contributed by atoms with Gasteiger partial charge in [0.2, 0.25) is 5.91 Å². The molecule has 2 fully saturated rings. The van der Waals surface area contributed by atoms with E-state index in [1.165, 1.54) is 19.3 Å². The van der Waals surface area contributed by atoms with E-state index < -0.39 is 0 Å². The maximum atomic E-state index is 11.7. The van der Waals surface area contributed by atoms with E-state index in [9.17, 15) is 4.79 Å². The van der Waals surface area contributed by atoms with Crippen molar-refractivity contribution in [1.29, 1.82) is 0 Å². The lowest BCUT2D eigenvalue weighted by Crippen LogP contribution is -2.55. The molecule has 0 aromatic heterocycles. The topological polar surface area (TPSA) is 41.1 Å². The summed E-state index contributed by atoms with van der Waals surface area (Å²) in [5.74, 6) is 1.54. The van der Waals surface area contributed by atoms with Crippen LogP contribution in [0.4, 0.5) is 0 Å². The summed E-state index contributed by atoms with van der Waals surface area (Å²) in [7, 11) is 0. The zero-order valence-electron chi connectivity index (χ0n) is 9.75. The monoisotopic (exact) mass is 210 g/mol. The van der Waals surface area contributed by atoms with Gasteiger partial charge < -0.3 is 10.6 Å². The number of rotatable bonds is 3. The molecular formula is C12H22N2O. The molecule has 1 saturated carbocycles. The lowest BCUT2D eigenvalue weighted by Gasteiger charge is -2.36. The molecule has 1 amide bonds. The molecule has 0 bridgehead atoms. The Morgan fingerprint density at radius 1 is 1.33 bits per heavy atom. The number of nitrogens with one attached hydrogen (secondary N) is 2. The van der Waals surface area contributed by atoms with Crippen LogP contribution in [0.15, 0.2) is 0 Å². The van der Waals surface area contributed by atoms with E-state index in [-0.39, 0.29) is 5.91 Å². The highest BCUT2D eigenvalue weighted by atomic mass is 16.1. The zero-order chi connectivity index (χ0) is 10.8. The van der Waals surface area contributed by atoms with E-state index >= 15 is 0 Å². The number of hydrogen-bond donors (Lipinski definition) is 2. The van der Waals surface area contributed by atoms with Gasteiger partial charge in [-0.15, -0.1) is 0 Å². The number of carbonyl (C=O) groups excluding carboxylic acids is 1. The van der Waals surface area contributed by atoms with Gasteiger partial charge in [-0.1, -0.05) is 6.92 Å². The summed E-state index contributed by atoms with van der Waals surface area (Å²) < 4.78 is 0. The Morgan fingerprint density at radius 2 is 2.07 bits per heavy atom. The van der Waals surface area contributed by atoms with Gasteiger partial charge in [0, 0.05) is 18.5 Å². The molecule has 15 heavy (non-hydrogen) atoms. The number of piperidine rings is 1. The van der Waals surface area contributed by atoms with Crippen molar-refractivity contribution in [3.63, 3.8) is 0 Å². The van der Waals surface area contributed by atoms with Crippen LogP contribution >= 0.6 is 0 Å². The fourth-order valence-corrected chi connectivity index (χ4v) is 2.43. The molecule has 3 unspecified atom stereocenters. The van der Waals surface area contributed by atoms with Crippen LogP contribution in [0.25, 0.3) is 0 Å². The van der Waals surface area contributed by atoms with Crippen LogP contribution in [0, 0.1) is 11.8 Å². The second kappa shape index (κ2) is 4.52. The fourth-order valence-electron chi connectivity index (χ4n) is 2.43. The van der Waals surface area contributed by atoms with E-state index in [0.29, 0.717) is 23.9 Å². The van der Waals surface area contributed by atoms with Crippen LogP contribution in [0.3, 0.4) is 0 Å². The highest BCUT2D eigenvalue weighted by molar-refractivity contribution is 5.76. The predicted molar refractivity (Wildman–Crippen MR) is 60.5 cm³/mol. The Morgan fingerprint density at radius 3 is 2.67 bits per heavy atom. The van der Waals surface area contributed by atoms with Crippen LogP contribution < -0.4 is 10.6 Å². The molecule has 3 nitrogen and oxygen atoms in total. The lowest BCUT2D eigenvalue weighted by molar-refractivity contribution is -0.122. The minimum absolute atomic E-state index is 0.255. The van der Waals surface area contributed by atoms with Crippen LogP contribution in [-0.2, 0) is 4.79 Å². The molecule has 0 spiro atoms. The molecule has 86 valence electrons. The number of carbonyl (C=O) groups is 1. The number of amides is 1. The van der Waals surface area contributed by atoms with Gasteiger partial charge in [-0.2, -0.15) is 0 Å². The molecule has 0 radical (unpaired) electrons. The standard InChI is InChI=1S/C12H22N2O/c1-8-5-6-13-9(2)12(8)14-11(15)7-10-3-4-10/h8-10,12-13H,3-7H2,1-2H3,(H,14,15). The minimum atomic E-state index is 0.255. The molecule has 3 atom stereocenters. The predicted octanol–water partition coefficient (Wildman–Crippen LogP) is 1.29. The van der Waals surface area contributed by atoms with Crippen molar-refractivity contribution in [2.45, 2.75) is 51.6 Å². The van der Waals surface area contributed by atoms with Gasteiger partial charge >= 0.3 is 0 Å². The molecule has 1 saturated heterocycles. The van der Waals surface area contributed by atoms with Gasteiger partial charge in [-0.3, -0.25) is 4.79 Å². The fraction of sp³-hybridized carbons (Fsp3) is 0.917. The summed E-state index contributed by atoms with van der Waals surface area (Å²) in [4.78, 5) is 11.7. The summed E-state index contributed by atoms with van der Waals surface area (Å²) in [5.41, 5.74) is 0. The Bertz CT molecular complexity index is 228. The highest BCUT2D eigenvalue weighted by Crippen LogP contribution is 2.32. The van der Waals surface area contributed by atoms with E-state index in [1.807, 2.05) is 0 Å². The van der Waals surface area contributed by atoms with Crippen LogP contribution in [0.1, 0.15) is 39.5 Å². The molecular weight excluding hydrogens is 188 g/mol. The quantitative estimate of drug-likeness (QED) is 0.737. The molecule has 2 rings (SSSR count). The van der Waals surface area contributed by atoms with Gasteiger partial charge in [-0.05, 0) is 44.6 Å². The molecule has 1 heterocycles. The van der Waals surface area contributed by atoms with Crippen LogP contribution in [0.2, 0.25) is 0 Å². The van der Waals surface area contributed by atoms with Gasteiger partial charge in [0.25, 0.3) is 0 Å². The molecule has 0 aromatic carbocycles. The molecule has 1 aliphatic heterocycles. The summed E-state index contributed by atoms with van der Waals surface area (Å²) in [6.45, 7) is 5.48. The maximum absolute atomic E-state index is 11.7. The minimum Gasteiger partial charge on any atom is -0.352 e. The van der Waals surface area contributed by atoms with E-state index in [4.69, 9.17) is 0 Å². The average Bonchev–Trinajstić information content (AvgIpc) is 2.95. The molecule has 2 N–H and O–H groups in total. The van der Waals surface area contributed by atoms with Gasteiger partial charge in [0.1, 0.15) is 0 Å². The van der Waals surface area contributed by atoms with Crippen molar-refractivity contribution in [3.8, 4) is 0 Å². The summed E-state index contributed by atoms with van der Waals surface area (Å²) in [5, 5.41) is 6.61. The second-order valence-electron chi connectivity index (χ2n) is 5.25. The smallest absolute Gasteiger partial charge is 0.220 e. The third kappa shape index (κ3) is 2.94. The van der Waals surface area contributed by atoms with Crippen molar-refractivity contribution in [1.82, 2.24) is 10.6 Å². The zero-order valence-corrected chi connectivity index (χ0v) is 9.75. The Hall–Kier alpha value is -0.570. The Labute approximate surface area is 92.0 Å². The summed E-state index contributed by atoms with van der Waals surface area (Å²) >= 11 is 0. The van der Waals surface area contributed by atoms with E-state index in [0.717, 1.165) is 13.0 Å². The maximum Gasteiger partial charge on any atom is 0.220 e. The van der Waals surface area contributed by atoms with Crippen molar-refractivity contribution >= 4 is 5.91 Å². The molecule has 3 heteroatoms. The first-order valence-corrected chi connectivity index (χ1v) is 6.19. The SMILES string of the molecule is CC1CCNC(C)C1NC(=O)CC1CC1. The van der Waals surface area contributed by atoms with Crippen LogP contribution in [-0.4, -0.2) is 24.5 Å². The van der Waals surface area contributed by atoms with Crippen molar-refractivity contribution in [2.75, 3.05) is 6.54 Å².